The Morgan fingerprint density at radius 1 is 0.793 bits per heavy atom. The predicted molar refractivity (Wildman–Crippen MR) is 120 cm³/mol. The number of rotatable bonds is 14. The van der Waals surface area contributed by atoms with Gasteiger partial charge in [-0.1, -0.05) is 78.2 Å². The molecular formula is C26H38O3. The van der Waals surface area contributed by atoms with E-state index in [9.17, 15) is 9.59 Å². The minimum atomic E-state index is -0.0912. The van der Waals surface area contributed by atoms with Gasteiger partial charge in [0.25, 0.3) is 0 Å². The van der Waals surface area contributed by atoms with Gasteiger partial charge in [-0.25, -0.2) is 0 Å². The normalized spacial score (nSPS) is 14.5. The fourth-order valence-corrected chi connectivity index (χ4v) is 3.77. The molecule has 0 N–H and O–H groups in total. The van der Waals surface area contributed by atoms with Crippen LogP contribution >= 0.6 is 0 Å². The minimum absolute atomic E-state index is 0.00653. The van der Waals surface area contributed by atoms with Crippen molar-refractivity contribution >= 4 is 11.6 Å². The minimum Gasteiger partial charge on any atom is -0.374 e. The Morgan fingerprint density at radius 2 is 1.41 bits per heavy atom. The number of carbonyl (C=O) groups is 2. The first-order valence-electron chi connectivity index (χ1n) is 11.5. The number of hydrogen-bond acceptors (Lipinski definition) is 3. The maximum absolute atomic E-state index is 12.2. The number of allylic oxidation sites excluding steroid dienone is 2. The maximum Gasteiger partial charge on any atom is 0.186 e. The number of fused-ring (bicyclic) bond motifs is 1. The number of benzene rings is 1. The Balaban J connectivity index is 1.94. The summed E-state index contributed by atoms with van der Waals surface area (Å²) in [6.45, 7) is 7.38. The van der Waals surface area contributed by atoms with Crippen molar-refractivity contribution in [3.05, 3.63) is 47.0 Å². The topological polar surface area (TPSA) is 43.4 Å². The van der Waals surface area contributed by atoms with Gasteiger partial charge < -0.3 is 4.74 Å². The van der Waals surface area contributed by atoms with E-state index in [1.807, 2.05) is 12.1 Å². The summed E-state index contributed by atoms with van der Waals surface area (Å²) < 4.78 is 6.24. The van der Waals surface area contributed by atoms with Gasteiger partial charge in [-0.2, -0.15) is 0 Å². The quantitative estimate of drug-likeness (QED) is 0.310. The lowest BCUT2D eigenvalue weighted by molar-refractivity contribution is 0.0382. The molecule has 29 heavy (non-hydrogen) atoms. The molecule has 0 aromatic heterocycles. The van der Waals surface area contributed by atoms with Gasteiger partial charge in [0, 0.05) is 17.7 Å². The van der Waals surface area contributed by atoms with E-state index in [4.69, 9.17) is 4.74 Å². The van der Waals surface area contributed by atoms with Gasteiger partial charge in [-0.3, -0.25) is 9.59 Å². The Kier molecular flexibility index (Phi) is 10.3. The van der Waals surface area contributed by atoms with Crippen LogP contribution in [0.5, 0.6) is 0 Å². The Labute approximate surface area is 176 Å². The molecule has 0 heterocycles. The third-order valence-electron chi connectivity index (χ3n) is 5.67. The van der Waals surface area contributed by atoms with Crippen LogP contribution in [-0.4, -0.2) is 18.2 Å². The van der Waals surface area contributed by atoms with Gasteiger partial charge >= 0.3 is 0 Å². The lowest BCUT2D eigenvalue weighted by atomic mass is 9.91. The van der Waals surface area contributed by atoms with Gasteiger partial charge in [-0.15, -0.1) is 0 Å². The molecule has 1 atom stereocenters. The number of unbranched alkanes of at least 4 members (excludes halogenated alkanes) is 7. The molecule has 2 rings (SSSR count). The monoisotopic (exact) mass is 398 g/mol. The van der Waals surface area contributed by atoms with Gasteiger partial charge in [0.1, 0.15) is 0 Å². The smallest absolute Gasteiger partial charge is 0.186 e. The summed E-state index contributed by atoms with van der Waals surface area (Å²) in [5.74, 6) is 0.424. The van der Waals surface area contributed by atoms with Crippen LogP contribution in [0, 0.1) is 5.92 Å². The third kappa shape index (κ3) is 7.89. The lowest BCUT2D eigenvalue weighted by Gasteiger charge is -2.21. The molecule has 1 aromatic rings. The van der Waals surface area contributed by atoms with Crippen LogP contribution < -0.4 is 0 Å². The zero-order valence-electron chi connectivity index (χ0n) is 18.5. The van der Waals surface area contributed by atoms with Crippen molar-refractivity contribution in [2.24, 2.45) is 5.92 Å². The van der Waals surface area contributed by atoms with Crippen molar-refractivity contribution in [1.29, 1.82) is 0 Å². The maximum atomic E-state index is 12.2. The second-order valence-corrected chi connectivity index (χ2v) is 8.67. The van der Waals surface area contributed by atoms with Gasteiger partial charge in [0.05, 0.1) is 6.10 Å². The summed E-state index contributed by atoms with van der Waals surface area (Å²) in [6, 6.07) is 5.64. The fraction of sp³-hybridized carbons (Fsp3) is 0.615. The van der Waals surface area contributed by atoms with E-state index in [0.29, 0.717) is 17.0 Å². The molecule has 0 radical (unpaired) electrons. The van der Waals surface area contributed by atoms with Crippen molar-refractivity contribution in [3.8, 4) is 0 Å². The molecule has 0 saturated heterocycles. The molecule has 0 bridgehead atoms. The van der Waals surface area contributed by atoms with Crippen LogP contribution in [-0.2, 0) is 4.74 Å². The van der Waals surface area contributed by atoms with E-state index in [2.05, 4.69) is 20.8 Å². The number of ether oxygens (including phenoxy) is 1. The molecule has 3 nitrogen and oxygen atoms in total. The average Bonchev–Trinajstić information content (AvgIpc) is 2.71. The summed E-state index contributed by atoms with van der Waals surface area (Å²) in [7, 11) is 0. The number of hydrogen-bond donors (Lipinski definition) is 0. The molecule has 1 aromatic carbocycles. The lowest BCUT2D eigenvalue weighted by Crippen LogP contribution is -2.14. The van der Waals surface area contributed by atoms with Crippen LogP contribution in [0.1, 0.15) is 117 Å². The first-order valence-corrected chi connectivity index (χ1v) is 11.5. The second-order valence-electron chi connectivity index (χ2n) is 8.67. The molecule has 0 amide bonds. The van der Waals surface area contributed by atoms with Crippen LogP contribution in [0.2, 0.25) is 0 Å². The fourth-order valence-electron chi connectivity index (χ4n) is 3.77. The molecule has 1 unspecified atom stereocenters. The van der Waals surface area contributed by atoms with E-state index in [1.165, 1.54) is 57.1 Å². The molecule has 1 aliphatic carbocycles. The second kappa shape index (κ2) is 12.7. The molecule has 0 fully saturated rings. The first-order chi connectivity index (χ1) is 14.0. The van der Waals surface area contributed by atoms with E-state index in [1.54, 1.807) is 6.07 Å². The average molecular weight is 399 g/mol. The van der Waals surface area contributed by atoms with Gasteiger partial charge in [-0.05, 0) is 48.6 Å². The van der Waals surface area contributed by atoms with Crippen molar-refractivity contribution in [3.63, 3.8) is 0 Å². The highest BCUT2D eigenvalue weighted by molar-refractivity contribution is 6.22. The SMILES string of the molecule is CCCCCCCCCCC(OCCC(C)C)c1ccc2c(c1)C(=O)C=CC2=O. The zero-order chi connectivity index (χ0) is 21.1. The molecule has 0 saturated carbocycles. The standard InChI is InChI=1S/C26H38O3/c1-4-5-6-7-8-9-10-11-12-26(29-18-17-20(2)3)21-13-14-22-23(19-21)25(28)16-15-24(22)27/h13-16,19-20,26H,4-12,17-18H2,1-3H3. The largest absolute Gasteiger partial charge is 0.374 e. The Hall–Kier alpha value is -1.74. The highest BCUT2D eigenvalue weighted by Crippen LogP contribution is 2.28. The van der Waals surface area contributed by atoms with Crippen LogP contribution in [0.25, 0.3) is 0 Å². The van der Waals surface area contributed by atoms with Crippen molar-refractivity contribution < 1.29 is 14.3 Å². The van der Waals surface area contributed by atoms with Crippen LogP contribution in [0.4, 0.5) is 0 Å². The van der Waals surface area contributed by atoms with Gasteiger partial charge in [0.15, 0.2) is 11.6 Å². The summed E-state index contributed by atoms with van der Waals surface area (Å²) in [6.07, 6.45) is 15.0. The van der Waals surface area contributed by atoms with E-state index in [-0.39, 0.29) is 17.7 Å². The molecule has 160 valence electrons. The van der Waals surface area contributed by atoms with Crippen molar-refractivity contribution in [2.45, 2.75) is 91.1 Å². The Morgan fingerprint density at radius 3 is 2.07 bits per heavy atom. The summed E-state index contributed by atoms with van der Waals surface area (Å²) in [5.41, 5.74) is 2.05. The third-order valence-corrected chi connectivity index (χ3v) is 5.67. The summed E-state index contributed by atoms with van der Waals surface area (Å²) >= 11 is 0. The van der Waals surface area contributed by atoms with Gasteiger partial charge in [0.2, 0.25) is 0 Å². The van der Waals surface area contributed by atoms with E-state index < -0.39 is 0 Å². The molecular weight excluding hydrogens is 360 g/mol. The highest BCUT2D eigenvalue weighted by atomic mass is 16.5. The van der Waals surface area contributed by atoms with E-state index in [0.717, 1.165) is 31.4 Å². The number of ketones is 2. The van der Waals surface area contributed by atoms with Crippen LogP contribution in [0.3, 0.4) is 0 Å². The number of carbonyl (C=O) groups excluding carboxylic acids is 2. The first kappa shape index (κ1) is 23.5. The van der Waals surface area contributed by atoms with Crippen molar-refractivity contribution in [1.82, 2.24) is 0 Å². The summed E-state index contributed by atoms with van der Waals surface area (Å²) in [5, 5.41) is 0. The molecule has 0 aliphatic heterocycles. The Bertz CT molecular complexity index is 687. The molecule has 3 heteroatoms. The van der Waals surface area contributed by atoms with E-state index >= 15 is 0 Å². The highest BCUT2D eigenvalue weighted by Gasteiger charge is 2.21. The molecule has 0 spiro atoms. The summed E-state index contributed by atoms with van der Waals surface area (Å²) in [4.78, 5) is 24.3. The van der Waals surface area contributed by atoms with Crippen LogP contribution in [0.15, 0.2) is 30.4 Å². The van der Waals surface area contributed by atoms with Crippen molar-refractivity contribution in [2.75, 3.05) is 6.61 Å². The molecule has 1 aliphatic rings. The predicted octanol–water partition coefficient (Wildman–Crippen LogP) is 7.26. The zero-order valence-corrected chi connectivity index (χ0v) is 18.5.